The lowest BCUT2D eigenvalue weighted by Crippen LogP contribution is -2.38. The van der Waals surface area contributed by atoms with E-state index in [0.717, 1.165) is 12.8 Å². The molecule has 0 radical (unpaired) electrons. The van der Waals surface area contributed by atoms with Crippen molar-refractivity contribution in [2.75, 3.05) is 7.11 Å². The van der Waals surface area contributed by atoms with Crippen LogP contribution in [0.3, 0.4) is 0 Å². The lowest BCUT2D eigenvalue weighted by atomic mass is 10.2. The maximum atomic E-state index is 13.4. The molecule has 0 spiro atoms. The van der Waals surface area contributed by atoms with Gasteiger partial charge in [-0.2, -0.15) is 5.10 Å². The number of nitrogens with zero attached hydrogens (tertiary/aromatic N) is 1. The van der Waals surface area contributed by atoms with Gasteiger partial charge in [0.2, 0.25) is 0 Å². The fourth-order valence-electron chi connectivity index (χ4n) is 1.46. The zero-order chi connectivity index (χ0) is 14.5. The number of carbonyl (C=O) groups is 2. The summed E-state index contributed by atoms with van der Waals surface area (Å²) in [6.45, 7) is 0. The summed E-state index contributed by atoms with van der Waals surface area (Å²) in [5.41, 5.74) is 2.51. The number of amides is 2. The molecular formula is C13H14FN3O3. The van der Waals surface area contributed by atoms with Gasteiger partial charge in [0.05, 0.1) is 13.3 Å². The molecule has 1 aromatic rings. The highest BCUT2D eigenvalue weighted by atomic mass is 19.1. The highest BCUT2D eigenvalue weighted by Gasteiger charge is 2.26. The lowest BCUT2D eigenvalue weighted by Gasteiger charge is -2.02. The van der Waals surface area contributed by atoms with Crippen molar-refractivity contribution in [2.45, 2.75) is 18.9 Å². The van der Waals surface area contributed by atoms with E-state index in [0.29, 0.717) is 5.56 Å². The van der Waals surface area contributed by atoms with Crippen LogP contribution in [0.5, 0.6) is 5.75 Å². The first-order valence-electron chi connectivity index (χ1n) is 6.07. The molecule has 1 aliphatic rings. The molecule has 0 bridgehead atoms. The van der Waals surface area contributed by atoms with Crippen LogP contribution >= 0.6 is 0 Å². The quantitative estimate of drug-likeness (QED) is 0.480. The molecule has 1 aromatic carbocycles. The van der Waals surface area contributed by atoms with E-state index in [2.05, 4.69) is 15.8 Å². The fraction of sp³-hybridized carbons (Fsp3) is 0.308. The second-order valence-electron chi connectivity index (χ2n) is 4.34. The summed E-state index contributed by atoms with van der Waals surface area (Å²) in [6.07, 6.45) is 3.03. The minimum atomic E-state index is -0.845. The molecule has 2 amide bonds. The van der Waals surface area contributed by atoms with Crippen LogP contribution in [0.4, 0.5) is 4.39 Å². The van der Waals surface area contributed by atoms with Crippen LogP contribution in [-0.4, -0.2) is 31.2 Å². The molecule has 1 aliphatic carbocycles. The Morgan fingerprint density at radius 1 is 1.40 bits per heavy atom. The van der Waals surface area contributed by atoms with Crippen molar-refractivity contribution in [3.8, 4) is 5.75 Å². The van der Waals surface area contributed by atoms with Gasteiger partial charge in [-0.1, -0.05) is 0 Å². The van der Waals surface area contributed by atoms with Crippen molar-refractivity contribution in [2.24, 2.45) is 5.10 Å². The molecule has 2 N–H and O–H groups in total. The minimum Gasteiger partial charge on any atom is -0.494 e. The van der Waals surface area contributed by atoms with E-state index in [4.69, 9.17) is 4.74 Å². The molecule has 0 saturated heterocycles. The molecule has 0 atom stereocenters. The van der Waals surface area contributed by atoms with Crippen LogP contribution in [0.2, 0.25) is 0 Å². The Morgan fingerprint density at radius 3 is 2.75 bits per heavy atom. The molecule has 1 saturated carbocycles. The molecule has 2 rings (SSSR count). The highest BCUT2D eigenvalue weighted by molar-refractivity contribution is 6.35. The number of benzene rings is 1. The third-order valence-electron chi connectivity index (χ3n) is 2.67. The van der Waals surface area contributed by atoms with E-state index >= 15 is 0 Å². The number of rotatable bonds is 4. The van der Waals surface area contributed by atoms with E-state index in [-0.39, 0.29) is 11.8 Å². The van der Waals surface area contributed by atoms with Crippen molar-refractivity contribution in [1.29, 1.82) is 0 Å². The van der Waals surface area contributed by atoms with Gasteiger partial charge >= 0.3 is 11.8 Å². The van der Waals surface area contributed by atoms with Crippen LogP contribution in [0, 0.1) is 5.82 Å². The Balaban J connectivity index is 1.87. The van der Waals surface area contributed by atoms with E-state index < -0.39 is 17.6 Å². The monoisotopic (exact) mass is 279 g/mol. The number of carbonyl (C=O) groups excluding carboxylic acids is 2. The van der Waals surface area contributed by atoms with Gasteiger partial charge in [-0.25, -0.2) is 9.82 Å². The van der Waals surface area contributed by atoms with Crippen molar-refractivity contribution < 1.29 is 18.7 Å². The molecule has 0 unspecified atom stereocenters. The van der Waals surface area contributed by atoms with Crippen molar-refractivity contribution in [3.63, 3.8) is 0 Å². The van der Waals surface area contributed by atoms with Gasteiger partial charge in [-0.05, 0) is 36.6 Å². The summed E-state index contributed by atoms with van der Waals surface area (Å²) >= 11 is 0. The summed E-state index contributed by atoms with van der Waals surface area (Å²) in [6, 6.07) is 4.33. The Bertz CT molecular complexity index is 556. The van der Waals surface area contributed by atoms with E-state index in [1.165, 1.54) is 25.5 Å². The number of hydrogen-bond acceptors (Lipinski definition) is 4. The predicted molar refractivity (Wildman–Crippen MR) is 69.9 cm³/mol. The van der Waals surface area contributed by atoms with Gasteiger partial charge in [0.1, 0.15) is 0 Å². The molecule has 0 heterocycles. The lowest BCUT2D eigenvalue weighted by molar-refractivity contribution is -0.139. The fourth-order valence-corrected chi connectivity index (χ4v) is 1.46. The summed E-state index contributed by atoms with van der Waals surface area (Å²) in [5, 5.41) is 6.12. The number of hydrazone groups is 1. The molecule has 6 nitrogen and oxygen atoms in total. The molecular weight excluding hydrogens is 265 g/mol. The van der Waals surface area contributed by atoms with Crippen LogP contribution in [0.15, 0.2) is 23.3 Å². The number of ether oxygens (including phenoxy) is 1. The largest absolute Gasteiger partial charge is 0.494 e. The first-order valence-corrected chi connectivity index (χ1v) is 6.07. The average molecular weight is 279 g/mol. The van der Waals surface area contributed by atoms with Crippen molar-refractivity contribution in [1.82, 2.24) is 10.7 Å². The van der Waals surface area contributed by atoms with Gasteiger partial charge in [0, 0.05) is 6.04 Å². The number of methoxy groups -OCH3 is 1. The second kappa shape index (κ2) is 6.14. The number of nitrogens with one attached hydrogen (secondary N) is 2. The predicted octanol–water partition coefficient (Wildman–Crippen LogP) is 0.563. The third kappa shape index (κ3) is 3.78. The van der Waals surface area contributed by atoms with Crippen molar-refractivity contribution >= 4 is 18.0 Å². The summed E-state index contributed by atoms with van der Waals surface area (Å²) in [5.74, 6) is -1.98. The Labute approximate surface area is 115 Å². The zero-order valence-electron chi connectivity index (χ0n) is 10.9. The smallest absolute Gasteiger partial charge is 0.329 e. The third-order valence-corrected chi connectivity index (χ3v) is 2.67. The van der Waals surface area contributed by atoms with Gasteiger partial charge < -0.3 is 10.1 Å². The van der Waals surface area contributed by atoms with E-state index in [1.807, 2.05) is 0 Å². The molecule has 0 aliphatic heterocycles. The standard InChI is InChI=1S/C13H14FN3O3/c1-20-11-5-2-8(6-10(11)14)7-15-17-13(19)12(18)16-9-3-4-9/h2,5-7,9H,3-4H2,1H3,(H,16,18)(H,17,19)/b15-7-. The average Bonchev–Trinajstić information content (AvgIpc) is 3.22. The summed E-state index contributed by atoms with van der Waals surface area (Å²) < 4.78 is 18.2. The topological polar surface area (TPSA) is 79.8 Å². The molecule has 1 fully saturated rings. The number of hydrogen-bond donors (Lipinski definition) is 2. The van der Waals surface area contributed by atoms with Gasteiger partial charge in [0.25, 0.3) is 0 Å². The first-order chi connectivity index (χ1) is 9.60. The maximum Gasteiger partial charge on any atom is 0.329 e. The van der Waals surface area contributed by atoms with Crippen LogP contribution in [0.25, 0.3) is 0 Å². The van der Waals surface area contributed by atoms with Crippen LogP contribution < -0.4 is 15.5 Å². The molecule has 106 valence electrons. The molecule has 0 aromatic heterocycles. The SMILES string of the molecule is COc1ccc(/C=N\NC(=O)C(=O)NC2CC2)cc1F. The Hall–Kier alpha value is -2.44. The van der Waals surface area contributed by atoms with Crippen LogP contribution in [0.1, 0.15) is 18.4 Å². The zero-order valence-corrected chi connectivity index (χ0v) is 10.9. The second-order valence-corrected chi connectivity index (χ2v) is 4.34. The van der Waals surface area contributed by atoms with Crippen LogP contribution in [-0.2, 0) is 9.59 Å². The normalized spacial score (nSPS) is 14.1. The van der Waals surface area contributed by atoms with Gasteiger partial charge in [-0.3, -0.25) is 9.59 Å². The van der Waals surface area contributed by atoms with E-state index in [9.17, 15) is 14.0 Å². The minimum absolute atomic E-state index is 0.105. The molecule has 7 heteroatoms. The first kappa shape index (κ1) is 14.0. The maximum absolute atomic E-state index is 13.4. The summed E-state index contributed by atoms with van der Waals surface area (Å²) in [4.78, 5) is 22.6. The highest BCUT2D eigenvalue weighted by Crippen LogP contribution is 2.18. The Morgan fingerprint density at radius 2 is 2.15 bits per heavy atom. The van der Waals surface area contributed by atoms with Gasteiger partial charge in [-0.15, -0.1) is 0 Å². The van der Waals surface area contributed by atoms with E-state index in [1.54, 1.807) is 6.07 Å². The summed E-state index contributed by atoms with van der Waals surface area (Å²) in [7, 11) is 1.37. The molecule has 20 heavy (non-hydrogen) atoms. The number of halogens is 1. The van der Waals surface area contributed by atoms with Gasteiger partial charge in [0.15, 0.2) is 11.6 Å². The Kier molecular flexibility index (Phi) is 4.29. The van der Waals surface area contributed by atoms with Crippen molar-refractivity contribution in [3.05, 3.63) is 29.6 Å².